The van der Waals surface area contributed by atoms with Crippen molar-refractivity contribution in [2.75, 3.05) is 19.3 Å². The maximum Gasteiger partial charge on any atom is 0.224 e. The Hall–Kier alpha value is -2.81. The Morgan fingerprint density at radius 1 is 1.23 bits per heavy atom. The molecule has 0 spiro atoms. The predicted molar refractivity (Wildman–Crippen MR) is 142 cm³/mol. The van der Waals surface area contributed by atoms with Gasteiger partial charge in [0.1, 0.15) is 12.1 Å². The van der Waals surface area contributed by atoms with Gasteiger partial charge in [-0.3, -0.25) is 4.79 Å². The summed E-state index contributed by atoms with van der Waals surface area (Å²) in [6.07, 6.45) is 5.56. The van der Waals surface area contributed by atoms with Crippen LogP contribution < -0.4 is 10.6 Å². The van der Waals surface area contributed by atoms with Crippen LogP contribution in [0.15, 0.2) is 53.7 Å². The van der Waals surface area contributed by atoms with Crippen LogP contribution in [0.5, 0.6) is 0 Å². The maximum atomic E-state index is 14.2. The molecule has 1 atom stereocenters. The van der Waals surface area contributed by atoms with Gasteiger partial charge < -0.3 is 10.6 Å². The van der Waals surface area contributed by atoms with Gasteiger partial charge in [0.25, 0.3) is 0 Å². The number of thioether (sulfide) groups is 1. The highest BCUT2D eigenvalue weighted by Crippen LogP contribution is 2.39. The van der Waals surface area contributed by atoms with E-state index in [1.54, 1.807) is 48.5 Å². The molecule has 1 saturated heterocycles. The summed E-state index contributed by atoms with van der Waals surface area (Å²) in [6.45, 7) is 3.91. The minimum atomic E-state index is -0.217. The van der Waals surface area contributed by atoms with Crippen LogP contribution in [0.1, 0.15) is 24.0 Å². The monoisotopic (exact) mass is 506 g/mol. The van der Waals surface area contributed by atoms with Crippen LogP contribution in [0.4, 0.5) is 4.39 Å². The number of aromatic nitrogens is 2. The fourth-order valence-electron chi connectivity index (χ4n) is 4.39. The van der Waals surface area contributed by atoms with E-state index in [1.807, 2.05) is 18.4 Å². The highest BCUT2D eigenvalue weighted by atomic mass is 32.2. The smallest absolute Gasteiger partial charge is 0.224 e. The van der Waals surface area contributed by atoms with Crippen molar-refractivity contribution in [3.63, 3.8) is 0 Å². The van der Waals surface area contributed by atoms with Crippen LogP contribution in [0.2, 0.25) is 0 Å². The number of benzene rings is 2. The molecule has 1 fully saturated rings. The number of aryl methyl sites for hydroxylation is 1. The van der Waals surface area contributed by atoms with Crippen LogP contribution in [0.25, 0.3) is 31.9 Å². The third-order valence-corrected chi connectivity index (χ3v) is 8.37. The second kappa shape index (κ2) is 10.4. The van der Waals surface area contributed by atoms with Crippen molar-refractivity contribution in [3.8, 4) is 21.7 Å². The second-order valence-corrected chi connectivity index (χ2v) is 10.7. The molecule has 1 amide bonds. The van der Waals surface area contributed by atoms with Gasteiger partial charge in [0.15, 0.2) is 0 Å². The number of halogens is 1. The number of fused-ring (bicyclic) bond motifs is 1. The molecule has 0 saturated carbocycles. The van der Waals surface area contributed by atoms with Crippen molar-refractivity contribution in [1.29, 1.82) is 0 Å². The van der Waals surface area contributed by atoms with Gasteiger partial charge in [-0.1, -0.05) is 18.2 Å². The molecule has 35 heavy (non-hydrogen) atoms. The van der Waals surface area contributed by atoms with Gasteiger partial charge in [-0.05, 0) is 73.5 Å². The molecule has 0 unspecified atom stereocenters. The molecule has 0 radical (unpaired) electrons. The largest absolute Gasteiger partial charge is 0.352 e. The van der Waals surface area contributed by atoms with Gasteiger partial charge in [-0.25, -0.2) is 14.4 Å². The number of thiophene rings is 1. The fourth-order valence-corrected chi connectivity index (χ4v) is 5.94. The number of amides is 1. The van der Waals surface area contributed by atoms with E-state index in [2.05, 4.69) is 38.8 Å². The zero-order valence-corrected chi connectivity index (χ0v) is 21.4. The SMILES string of the molecule is CSc1ccc(CNC(=O)[C@H]2CCCNC2)c(-c2ncnc3cc(-c4ccc(C)c(F)c4)sc23)c1. The normalized spacial score (nSPS) is 15.9. The van der Waals surface area contributed by atoms with Gasteiger partial charge in [0.05, 0.1) is 21.8 Å². The van der Waals surface area contributed by atoms with Gasteiger partial charge in [-0.15, -0.1) is 23.1 Å². The molecule has 5 rings (SSSR count). The van der Waals surface area contributed by atoms with Crippen molar-refractivity contribution in [1.82, 2.24) is 20.6 Å². The Labute approximate surface area is 212 Å². The number of nitrogens with zero attached hydrogens (tertiary/aromatic N) is 2. The summed E-state index contributed by atoms with van der Waals surface area (Å²) >= 11 is 3.23. The zero-order chi connectivity index (χ0) is 24.4. The second-order valence-electron chi connectivity index (χ2n) is 8.80. The third kappa shape index (κ3) is 5.10. The molecule has 1 aliphatic heterocycles. The highest BCUT2D eigenvalue weighted by Gasteiger charge is 2.21. The van der Waals surface area contributed by atoms with E-state index in [0.29, 0.717) is 12.1 Å². The van der Waals surface area contributed by atoms with Crippen LogP contribution >= 0.6 is 23.1 Å². The lowest BCUT2D eigenvalue weighted by molar-refractivity contribution is -0.125. The summed E-state index contributed by atoms with van der Waals surface area (Å²) in [6, 6.07) is 13.6. The average molecular weight is 507 g/mol. The molecule has 8 heteroatoms. The minimum absolute atomic E-state index is 0.0122. The number of nitrogens with one attached hydrogen (secondary N) is 2. The summed E-state index contributed by atoms with van der Waals surface area (Å²) < 4.78 is 15.2. The van der Waals surface area contributed by atoms with Gasteiger partial charge >= 0.3 is 0 Å². The summed E-state index contributed by atoms with van der Waals surface area (Å²) in [5, 5.41) is 6.45. The lowest BCUT2D eigenvalue weighted by Crippen LogP contribution is -2.40. The van der Waals surface area contributed by atoms with E-state index < -0.39 is 0 Å². The first-order valence-electron chi connectivity index (χ1n) is 11.7. The summed E-state index contributed by atoms with van der Waals surface area (Å²) in [5.74, 6) is -0.118. The van der Waals surface area contributed by atoms with Gasteiger partial charge in [0.2, 0.25) is 5.91 Å². The van der Waals surface area contributed by atoms with Crippen molar-refractivity contribution in [2.45, 2.75) is 31.2 Å². The molecule has 3 heterocycles. The molecule has 1 aliphatic rings. The van der Waals surface area contributed by atoms with Crippen LogP contribution in [-0.2, 0) is 11.3 Å². The standard InChI is InChI=1S/C27H27FN4OS2/c1-16-5-6-17(10-22(16)28)24-12-23-26(35-24)25(32-15-31-23)21-11-20(34-2)8-7-18(21)14-30-27(33)19-4-3-9-29-13-19/h5-8,10-12,15,19,29H,3-4,9,13-14H2,1-2H3,(H,30,33)/t19-/m0/s1. The predicted octanol–water partition coefficient (Wildman–Crippen LogP) is 5.81. The van der Waals surface area contributed by atoms with E-state index in [0.717, 1.165) is 68.3 Å². The number of carbonyl (C=O) groups excluding carboxylic acids is 1. The number of hydrogen-bond donors (Lipinski definition) is 2. The number of rotatable bonds is 6. The summed E-state index contributed by atoms with van der Waals surface area (Å²) in [5.41, 5.74) is 5.10. The summed E-state index contributed by atoms with van der Waals surface area (Å²) in [4.78, 5) is 24.0. The third-order valence-electron chi connectivity index (χ3n) is 6.46. The van der Waals surface area contributed by atoms with Crippen LogP contribution in [0.3, 0.4) is 0 Å². The number of carbonyl (C=O) groups is 1. The molecule has 2 aromatic heterocycles. The van der Waals surface area contributed by atoms with Crippen molar-refractivity contribution < 1.29 is 9.18 Å². The fraction of sp³-hybridized carbons (Fsp3) is 0.296. The Morgan fingerprint density at radius 2 is 2.11 bits per heavy atom. The average Bonchev–Trinajstić information content (AvgIpc) is 3.34. The molecule has 0 aliphatic carbocycles. The van der Waals surface area contributed by atoms with Crippen molar-refractivity contribution in [3.05, 3.63) is 65.7 Å². The van der Waals surface area contributed by atoms with E-state index >= 15 is 0 Å². The first-order chi connectivity index (χ1) is 17.0. The molecule has 2 N–H and O–H groups in total. The molecule has 2 aromatic carbocycles. The quantitative estimate of drug-likeness (QED) is 0.323. The number of hydrogen-bond acceptors (Lipinski definition) is 6. The van der Waals surface area contributed by atoms with Crippen molar-refractivity contribution in [2.24, 2.45) is 5.92 Å². The van der Waals surface area contributed by atoms with E-state index in [-0.39, 0.29) is 17.6 Å². The lowest BCUT2D eigenvalue weighted by atomic mass is 9.98. The Kier molecular flexibility index (Phi) is 7.13. The van der Waals surface area contributed by atoms with Gasteiger partial charge in [-0.2, -0.15) is 0 Å². The van der Waals surface area contributed by atoms with Gasteiger partial charge in [0, 0.05) is 28.4 Å². The summed E-state index contributed by atoms with van der Waals surface area (Å²) in [7, 11) is 0. The van der Waals surface area contributed by atoms with Crippen molar-refractivity contribution >= 4 is 39.2 Å². The Bertz CT molecular complexity index is 1380. The molecular formula is C27H27FN4OS2. The van der Waals surface area contributed by atoms with Crippen LogP contribution in [-0.4, -0.2) is 35.2 Å². The molecule has 4 aromatic rings. The first kappa shape index (κ1) is 23.9. The molecule has 5 nitrogen and oxygen atoms in total. The molecule has 0 bridgehead atoms. The number of piperidine rings is 1. The maximum absolute atomic E-state index is 14.2. The van der Waals surface area contributed by atoms with Crippen LogP contribution in [0, 0.1) is 18.7 Å². The van der Waals surface area contributed by atoms with E-state index in [9.17, 15) is 9.18 Å². The highest BCUT2D eigenvalue weighted by molar-refractivity contribution is 7.98. The van der Waals surface area contributed by atoms with E-state index in [1.165, 1.54) is 0 Å². The lowest BCUT2D eigenvalue weighted by Gasteiger charge is -2.22. The molecular weight excluding hydrogens is 479 g/mol. The minimum Gasteiger partial charge on any atom is -0.352 e. The van der Waals surface area contributed by atoms with E-state index in [4.69, 9.17) is 0 Å². The Morgan fingerprint density at radius 3 is 2.89 bits per heavy atom. The Balaban J connectivity index is 1.51. The zero-order valence-electron chi connectivity index (χ0n) is 19.7. The molecule has 180 valence electrons. The topological polar surface area (TPSA) is 66.9 Å². The first-order valence-corrected chi connectivity index (χ1v) is 13.7.